The van der Waals surface area contributed by atoms with Gasteiger partial charge in [0.15, 0.2) is 5.78 Å². The molecule has 0 fully saturated rings. The zero-order chi connectivity index (χ0) is 29.6. The quantitative estimate of drug-likeness (QED) is 0.0977. The summed E-state index contributed by atoms with van der Waals surface area (Å²) in [7, 11) is 0. The zero-order valence-electron chi connectivity index (χ0n) is 25.4. The molecule has 1 radical (unpaired) electrons. The van der Waals surface area contributed by atoms with Crippen molar-refractivity contribution in [3.8, 4) is 16.9 Å². The fourth-order valence-electron chi connectivity index (χ4n) is 5.92. The number of aliphatic hydroxyl groups is 1. The summed E-state index contributed by atoms with van der Waals surface area (Å²) in [5.74, 6) is 1.66. The Morgan fingerprint density at radius 1 is 0.907 bits per heavy atom. The Kier molecular flexibility index (Phi) is 11.1. The summed E-state index contributed by atoms with van der Waals surface area (Å²) in [6.45, 7) is 8.07. The molecule has 0 amide bonds. The van der Waals surface area contributed by atoms with Crippen LogP contribution in [0.3, 0.4) is 0 Å². The molecule has 2 aromatic heterocycles. The first kappa shape index (κ1) is 32.3. The average molecular weight is 751 g/mol. The number of benzene rings is 3. The van der Waals surface area contributed by atoms with Gasteiger partial charge < -0.3 is 9.67 Å². The molecule has 0 spiro atoms. The normalized spacial score (nSPS) is 12.5. The van der Waals surface area contributed by atoms with Crippen LogP contribution in [0.4, 0.5) is 0 Å². The number of ketones is 1. The number of rotatable bonds is 8. The van der Waals surface area contributed by atoms with E-state index in [0.29, 0.717) is 0 Å². The third-order valence-electron chi connectivity index (χ3n) is 8.48. The Hall–Kier alpha value is -3.60. The number of aliphatic hydroxyl groups excluding tert-OH is 1. The first-order chi connectivity index (χ1) is 20.5. The van der Waals surface area contributed by atoms with Gasteiger partial charge in [0.05, 0.1) is 16.8 Å². The molecule has 1 N–H and O–H groups in total. The fraction of sp³-hybridized carbons (Fsp3) is 0.324. The summed E-state index contributed by atoms with van der Waals surface area (Å²) in [6, 6.07) is 26.7. The molecule has 0 saturated carbocycles. The molecule has 0 bridgehead atoms. The minimum Gasteiger partial charge on any atom is -0.512 e. The summed E-state index contributed by atoms with van der Waals surface area (Å²) < 4.78 is 2.29. The van der Waals surface area contributed by atoms with Gasteiger partial charge in [0.1, 0.15) is 5.82 Å². The zero-order valence-corrected chi connectivity index (χ0v) is 27.8. The first-order valence-corrected chi connectivity index (χ1v) is 15.3. The van der Waals surface area contributed by atoms with Crippen molar-refractivity contribution in [3.05, 3.63) is 102 Å². The summed E-state index contributed by atoms with van der Waals surface area (Å²) in [6.07, 6.45) is 8.74. The van der Waals surface area contributed by atoms with Gasteiger partial charge in [-0.05, 0) is 49.8 Å². The Labute approximate surface area is 268 Å². The largest absolute Gasteiger partial charge is 0.512 e. The van der Waals surface area contributed by atoms with Crippen LogP contribution in [-0.4, -0.2) is 25.4 Å². The molecule has 43 heavy (non-hydrogen) atoms. The molecule has 225 valence electrons. The molecule has 1 aliphatic heterocycles. The van der Waals surface area contributed by atoms with Crippen LogP contribution in [0.1, 0.15) is 64.8 Å². The first-order valence-electron chi connectivity index (χ1n) is 15.3. The fourth-order valence-corrected chi connectivity index (χ4v) is 5.92. The third-order valence-corrected chi connectivity index (χ3v) is 8.48. The summed E-state index contributed by atoms with van der Waals surface area (Å²) in [5, 5.41) is 12.1. The van der Waals surface area contributed by atoms with E-state index < -0.39 is 0 Å². The van der Waals surface area contributed by atoms with Gasteiger partial charge in [0.25, 0.3) is 0 Å². The number of aryl methyl sites for hydroxylation is 2. The van der Waals surface area contributed by atoms with Crippen molar-refractivity contribution in [3.63, 3.8) is 0 Å². The smallest absolute Gasteiger partial charge is 0.162 e. The number of pyridine rings is 1. The van der Waals surface area contributed by atoms with Crippen LogP contribution in [0.5, 0.6) is 0 Å². The maximum atomic E-state index is 11.7. The number of fused-ring (bicyclic) bond motifs is 6. The molecule has 6 rings (SSSR count). The van der Waals surface area contributed by atoms with Gasteiger partial charge in [0.2, 0.25) is 0 Å². The van der Waals surface area contributed by atoms with Crippen molar-refractivity contribution in [1.82, 2.24) is 14.5 Å². The SMILES string of the molecule is CCC(CC)C(=O)/C=C(\O)C(CC)CC.[Ir].[c-]1c(-c2nccc3nc4n(c23)-c2ccccc2CC4)ccc2ccccc12. The molecule has 5 aromatic rings. The van der Waals surface area contributed by atoms with Crippen LogP contribution in [0, 0.1) is 17.9 Å². The minimum absolute atomic E-state index is 0. The number of allylic oxidation sites excluding steroid dienone is 2. The van der Waals surface area contributed by atoms with E-state index in [0.717, 1.165) is 72.0 Å². The Morgan fingerprint density at radius 2 is 1.60 bits per heavy atom. The maximum absolute atomic E-state index is 11.7. The Bertz CT molecular complexity index is 1730. The summed E-state index contributed by atoms with van der Waals surface area (Å²) >= 11 is 0. The molecule has 3 heterocycles. The Balaban J connectivity index is 0.000000230. The van der Waals surface area contributed by atoms with E-state index in [1.807, 2.05) is 46.0 Å². The molecule has 1 aliphatic rings. The molecule has 0 unspecified atom stereocenters. The average Bonchev–Trinajstić information content (AvgIpc) is 3.42. The monoisotopic (exact) mass is 751 g/mol. The van der Waals surface area contributed by atoms with Gasteiger partial charge in [-0.2, -0.15) is 0 Å². The molecule has 3 aromatic carbocycles. The third kappa shape index (κ3) is 6.82. The second-order valence-corrected chi connectivity index (χ2v) is 11.0. The molecule has 0 aliphatic carbocycles. The number of aromatic nitrogens is 3. The number of carbonyl (C=O) groups excluding carboxylic acids is 1. The van der Waals surface area contributed by atoms with Crippen LogP contribution in [-0.2, 0) is 37.7 Å². The second kappa shape index (κ2) is 14.7. The van der Waals surface area contributed by atoms with Crippen LogP contribution in [0.25, 0.3) is 38.8 Å². The van der Waals surface area contributed by atoms with Crippen molar-refractivity contribution >= 4 is 27.6 Å². The van der Waals surface area contributed by atoms with Crippen LogP contribution in [0.2, 0.25) is 0 Å². The van der Waals surface area contributed by atoms with E-state index in [4.69, 9.17) is 9.97 Å². The van der Waals surface area contributed by atoms with Gasteiger partial charge in [0, 0.05) is 62.0 Å². The number of carbonyl (C=O) groups is 1. The molecule has 0 atom stereocenters. The van der Waals surface area contributed by atoms with Crippen molar-refractivity contribution in [2.45, 2.75) is 66.2 Å². The van der Waals surface area contributed by atoms with E-state index >= 15 is 0 Å². The van der Waals surface area contributed by atoms with Crippen molar-refractivity contribution in [2.24, 2.45) is 11.8 Å². The summed E-state index contributed by atoms with van der Waals surface area (Å²) in [5.41, 5.74) is 6.59. The van der Waals surface area contributed by atoms with Crippen molar-refractivity contribution < 1.29 is 30.0 Å². The molecule has 0 saturated heterocycles. The van der Waals surface area contributed by atoms with Crippen LogP contribution < -0.4 is 0 Å². The van der Waals surface area contributed by atoms with Crippen molar-refractivity contribution in [1.29, 1.82) is 0 Å². The predicted octanol–water partition coefficient (Wildman–Crippen LogP) is 9.01. The van der Waals surface area contributed by atoms with Crippen LogP contribution in [0.15, 0.2) is 84.8 Å². The van der Waals surface area contributed by atoms with E-state index in [1.54, 1.807) is 0 Å². The standard InChI is InChI=1S/C24H16N3.C13H24O2.Ir/c1-2-7-18-15-19(10-9-16(18)5-1)23-24-20(13-14-25-23)26-22-12-11-17-6-3-4-8-21(17)27(22)24;1-5-10(6-2)12(14)9-13(15)11(7-3)8-4;/h1-10,13-14H,11-12H2;9-11,14H,5-8H2,1-4H3;/q-1;;/b;12-9-;. The van der Waals surface area contributed by atoms with E-state index in [2.05, 4.69) is 65.2 Å². The second-order valence-electron chi connectivity index (χ2n) is 11.0. The molecular weight excluding hydrogens is 711 g/mol. The minimum atomic E-state index is 0. The number of hydrogen-bond donors (Lipinski definition) is 1. The molecular formula is C37H40IrN3O2-. The van der Waals surface area contributed by atoms with Gasteiger partial charge in [-0.1, -0.05) is 75.0 Å². The predicted molar refractivity (Wildman–Crippen MR) is 172 cm³/mol. The van der Waals surface area contributed by atoms with Gasteiger partial charge in [-0.15, -0.1) is 29.7 Å². The van der Waals surface area contributed by atoms with E-state index in [9.17, 15) is 9.90 Å². The van der Waals surface area contributed by atoms with Gasteiger partial charge in [-0.25, -0.2) is 4.98 Å². The van der Waals surface area contributed by atoms with E-state index in [1.165, 1.54) is 22.7 Å². The molecule has 5 nitrogen and oxygen atoms in total. The number of imidazole rings is 1. The maximum Gasteiger partial charge on any atom is 0.162 e. The van der Waals surface area contributed by atoms with Gasteiger partial charge >= 0.3 is 0 Å². The van der Waals surface area contributed by atoms with Crippen molar-refractivity contribution in [2.75, 3.05) is 0 Å². The topological polar surface area (TPSA) is 68.0 Å². The Morgan fingerprint density at radius 3 is 2.35 bits per heavy atom. The summed E-state index contributed by atoms with van der Waals surface area (Å²) in [4.78, 5) is 21.4. The van der Waals surface area contributed by atoms with E-state index in [-0.39, 0.29) is 43.5 Å². The number of nitrogens with zero attached hydrogens (tertiary/aromatic N) is 3. The number of hydrogen-bond acceptors (Lipinski definition) is 4. The van der Waals surface area contributed by atoms with Crippen LogP contribution >= 0.6 is 0 Å². The van der Waals surface area contributed by atoms with Gasteiger partial charge in [-0.3, -0.25) is 9.78 Å². The number of para-hydroxylation sites is 1. The molecule has 6 heteroatoms.